The molecule has 1 aliphatic heterocycles. The molecule has 1 unspecified atom stereocenters. The standard InChI is InChI=1S/C22H22N2O3/c1-13-6-14(2)8-18(7-13)22(25)23-12-19-11-21(27-24-19)16-4-5-20-17(10-16)9-15(3)26-20/h4-8,10-11,15H,9,12H2,1-3H3,(H,23,25). The molecule has 27 heavy (non-hydrogen) atoms. The summed E-state index contributed by atoms with van der Waals surface area (Å²) >= 11 is 0. The van der Waals surface area contributed by atoms with Crippen LogP contribution in [0, 0.1) is 13.8 Å². The van der Waals surface area contributed by atoms with Crippen LogP contribution in [0.15, 0.2) is 47.0 Å². The number of amides is 1. The number of carbonyl (C=O) groups is 1. The maximum absolute atomic E-state index is 12.4. The van der Waals surface area contributed by atoms with Gasteiger partial charge in [0, 0.05) is 23.6 Å². The monoisotopic (exact) mass is 362 g/mol. The lowest BCUT2D eigenvalue weighted by atomic mass is 10.1. The Morgan fingerprint density at radius 2 is 1.93 bits per heavy atom. The number of nitrogens with one attached hydrogen (secondary N) is 1. The SMILES string of the molecule is Cc1cc(C)cc(C(=O)NCc2cc(-c3ccc4c(c3)CC(C)O4)on2)c1. The minimum Gasteiger partial charge on any atom is -0.490 e. The highest BCUT2D eigenvalue weighted by atomic mass is 16.5. The van der Waals surface area contributed by atoms with Crippen LogP contribution < -0.4 is 10.1 Å². The van der Waals surface area contributed by atoms with Gasteiger partial charge in [-0.2, -0.15) is 0 Å². The van der Waals surface area contributed by atoms with Crippen LogP contribution in [-0.2, 0) is 13.0 Å². The first-order valence-electron chi connectivity index (χ1n) is 9.10. The Bertz CT molecular complexity index is 986. The van der Waals surface area contributed by atoms with Gasteiger partial charge in [0.15, 0.2) is 5.76 Å². The predicted octanol–water partition coefficient (Wildman–Crippen LogP) is 4.21. The first-order chi connectivity index (χ1) is 13.0. The zero-order valence-electron chi connectivity index (χ0n) is 15.7. The molecular weight excluding hydrogens is 340 g/mol. The summed E-state index contributed by atoms with van der Waals surface area (Å²) < 4.78 is 11.2. The minimum absolute atomic E-state index is 0.116. The summed E-state index contributed by atoms with van der Waals surface area (Å²) in [7, 11) is 0. The van der Waals surface area contributed by atoms with Crippen molar-refractivity contribution in [2.24, 2.45) is 0 Å². The molecule has 1 aromatic heterocycles. The molecule has 0 radical (unpaired) electrons. The summed E-state index contributed by atoms with van der Waals surface area (Å²) in [4.78, 5) is 12.4. The van der Waals surface area contributed by atoms with Gasteiger partial charge in [-0.15, -0.1) is 0 Å². The first kappa shape index (κ1) is 17.3. The lowest BCUT2D eigenvalue weighted by molar-refractivity contribution is 0.0950. The summed E-state index contributed by atoms with van der Waals surface area (Å²) in [6.45, 7) is 6.34. The summed E-state index contributed by atoms with van der Waals surface area (Å²) in [6, 6.07) is 13.7. The Morgan fingerprint density at radius 1 is 1.15 bits per heavy atom. The number of benzene rings is 2. The van der Waals surface area contributed by atoms with Crippen molar-refractivity contribution in [3.8, 4) is 17.1 Å². The van der Waals surface area contributed by atoms with Gasteiger partial charge in [0.05, 0.1) is 6.54 Å². The zero-order valence-corrected chi connectivity index (χ0v) is 15.7. The van der Waals surface area contributed by atoms with Crippen molar-refractivity contribution in [1.29, 1.82) is 0 Å². The van der Waals surface area contributed by atoms with Gasteiger partial charge in [0.2, 0.25) is 0 Å². The van der Waals surface area contributed by atoms with E-state index < -0.39 is 0 Å². The highest BCUT2D eigenvalue weighted by molar-refractivity contribution is 5.94. The van der Waals surface area contributed by atoms with Crippen molar-refractivity contribution in [1.82, 2.24) is 10.5 Å². The van der Waals surface area contributed by atoms with E-state index >= 15 is 0 Å². The second-order valence-corrected chi connectivity index (χ2v) is 7.20. The van der Waals surface area contributed by atoms with E-state index in [9.17, 15) is 4.79 Å². The molecule has 2 aromatic carbocycles. The van der Waals surface area contributed by atoms with Crippen LogP contribution in [-0.4, -0.2) is 17.2 Å². The number of aryl methyl sites for hydroxylation is 2. The highest BCUT2D eigenvalue weighted by Gasteiger charge is 2.20. The number of hydrogen-bond donors (Lipinski definition) is 1. The van der Waals surface area contributed by atoms with E-state index in [4.69, 9.17) is 9.26 Å². The number of fused-ring (bicyclic) bond motifs is 1. The van der Waals surface area contributed by atoms with Gasteiger partial charge in [-0.3, -0.25) is 4.79 Å². The molecule has 1 aliphatic rings. The molecule has 138 valence electrons. The Labute approximate surface area is 158 Å². The normalized spacial score (nSPS) is 15.3. The summed E-state index contributed by atoms with van der Waals surface area (Å²) in [6.07, 6.45) is 1.11. The van der Waals surface area contributed by atoms with Crippen molar-refractivity contribution in [2.45, 2.75) is 39.8 Å². The number of aromatic nitrogens is 1. The van der Waals surface area contributed by atoms with Gasteiger partial charge < -0.3 is 14.6 Å². The van der Waals surface area contributed by atoms with Crippen LogP contribution in [0.25, 0.3) is 11.3 Å². The minimum atomic E-state index is -0.116. The molecule has 0 fully saturated rings. The fourth-order valence-electron chi connectivity index (χ4n) is 3.49. The van der Waals surface area contributed by atoms with E-state index in [-0.39, 0.29) is 12.0 Å². The molecule has 0 saturated carbocycles. The highest BCUT2D eigenvalue weighted by Crippen LogP contribution is 2.33. The summed E-state index contributed by atoms with van der Waals surface area (Å²) in [5.74, 6) is 1.51. The van der Waals surface area contributed by atoms with E-state index in [1.807, 2.05) is 50.2 Å². The van der Waals surface area contributed by atoms with E-state index in [2.05, 4.69) is 23.5 Å². The number of carbonyl (C=O) groups excluding carboxylic acids is 1. The van der Waals surface area contributed by atoms with Gasteiger partial charge >= 0.3 is 0 Å². The molecule has 0 spiro atoms. The van der Waals surface area contributed by atoms with E-state index in [1.54, 1.807) is 0 Å². The van der Waals surface area contributed by atoms with Crippen LogP contribution in [0.4, 0.5) is 0 Å². The van der Waals surface area contributed by atoms with Crippen molar-refractivity contribution in [3.05, 3.63) is 70.4 Å². The smallest absolute Gasteiger partial charge is 0.251 e. The molecule has 4 rings (SSSR count). The maximum atomic E-state index is 12.4. The fraction of sp³-hybridized carbons (Fsp3) is 0.273. The number of hydrogen-bond acceptors (Lipinski definition) is 4. The van der Waals surface area contributed by atoms with Crippen molar-refractivity contribution < 1.29 is 14.1 Å². The average Bonchev–Trinajstić information content (AvgIpc) is 3.23. The Kier molecular flexibility index (Phi) is 4.44. The van der Waals surface area contributed by atoms with Crippen molar-refractivity contribution >= 4 is 5.91 Å². The van der Waals surface area contributed by atoms with Crippen LogP contribution in [0.5, 0.6) is 5.75 Å². The Balaban J connectivity index is 1.44. The molecule has 1 amide bonds. The van der Waals surface area contributed by atoms with Crippen LogP contribution in [0.2, 0.25) is 0 Å². The van der Waals surface area contributed by atoms with Crippen LogP contribution >= 0.6 is 0 Å². The average molecular weight is 362 g/mol. The first-order valence-corrected chi connectivity index (χ1v) is 9.10. The number of ether oxygens (including phenoxy) is 1. The van der Waals surface area contributed by atoms with Gasteiger partial charge in [0.25, 0.3) is 5.91 Å². The molecule has 0 saturated heterocycles. The maximum Gasteiger partial charge on any atom is 0.251 e. The fourth-order valence-corrected chi connectivity index (χ4v) is 3.49. The Morgan fingerprint density at radius 3 is 2.70 bits per heavy atom. The quantitative estimate of drug-likeness (QED) is 0.755. The van der Waals surface area contributed by atoms with Gasteiger partial charge in [-0.25, -0.2) is 0 Å². The second kappa shape index (κ2) is 6.91. The molecule has 1 atom stereocenters. The molecule has 1 N–H and O–H groups in total. The molecule has 5 nitrogen and oxygen atoms in total. The molecule has 2 heterocycles. The lowest BCUT2D eigenvalue weighted by Gasteiger charge is -2.05. The van der Waals surface area contributed by atoms with Gasteiger partial charge in [0.1, 0.15) is 17.5 Å². The molecule has 5 heteroatoms. The number of nitrogens with zero attached hydrogens (tertiary/aromatic N) is 1. The van der Waals surface area contributed by atoms with Crippen LogP contribution in [0.3, 0.4) is 0 Å². The predicted molar refractivity (Wildman–Crippen MR) is 103 cm³/mol. The van der Waals surface area contributed by atoms with Gasteiger partial charge in [-0.05, 0) is 56.7 Å². The van der Waals surface area contributed by atoms with E-state index in [0.717, 1.165) is 28.9 Å². The van der Waals surface area contributed by atoms with Crippen LogP contribution in [0.1, 0.15) is 39.7 Å². The molecular formula is C22H22N2O3. The van der Waals surface area contributed by atoms with Crippen molar-refractivity contribution in [2.75, 3.05) is 0 Å². The zero-order chi connectivity index (χ0) is 19.0. The third-order valence-corrected chi connectivity index (χ3v) is 4.65. The van der Waals surface area contributed by atoms with E-state index in [0.29, 0.717) is 23.6 Å². The Hall–Kier alpha value is -3.08. The summed E-state index contributed by atoms with van der Waals surface area (Å²) in [5.41, 5.74) is 5.63. The largest absolute Gasteiger partial charge is 0.490 e. The third-order valence-electron chi connectivity index (χ3n) is 4.65. The lowest BCUT2D eigenvalue weighted by Crippen LogP contribution is -2.23. The molecule has 3 aromatic rings. The second-order valence-electron chi connectivity index (χ2n) is 7.20. The topological polar surface area (TPSA) is 64.4 Å². The molecule has 0 bridgehead atoms. The van der Waals surface area contributed by atoms with Crippen molar-refractivity contribution in [3.63, 3.8) is 0 Å². The summed E-state index contributed by atoms with van der Waals surface area (Å²) in [5, 5.41) is 6.98. The van der Waals surface area contributed by atoms with E-state index in [1.165, 1.54) is 5.56 Å². The number of rotatable bonds is 4. The third kappa shape index (κ3) is 3.72. The van der Waals surface area contributed by atoms with Gasteiger partial charge in [-0.1, -0.05) is 22.3 Å². The molecule has 0 aliphatic carbocycles.